The highest BCUT2D eigenvalue weighted by molar-refractivity contribution is 4.98. The molecule has 1 fully saturated rings. The molecular weight excluding hydrogens is 174 g/mol. The third-order valence-corrected chi connectivity index (χ3v) is 2.78. The Balaban J connectivity index is 1.70. The molecule has 1 aliphatic carbocycles. The van der Waals surface area contributed by atoms with Crippen molar-refractivity contribution in [2.45, 2.75) is 38.8 Å². The number of rotatable bonds is 5. The maximum atomic E-state index is 4.33. The normalized spacial score (nSPS) is 18.4. The van der Waals surface area contributed by atoms with Crippen LogP contribution in [0.5, 0.6) is 0 Å². The van der Waals surface area contributed by atoms with Crippen LogP contribution in [0, 0.1) is 5.92 Å². The van der Waals surface area contributed by atoms with E-state index in [0.717, 1.165) is 18.2 Å². The Morgan fingerprint density at radius 1 is 1.64 bits per heavy atom. The highest BCUT2D eigenvalue weighted by atomic mass is 15.3. The highest BCUT2D eigenvalue weighted by Gasteiger charge is 2.23. The minimum absolute atomic E-state index is 0.629. The largest absolute Gasteiger partial charge is 0.309 e. The summed E-state index contributed by atoms with van der Waals surface area (Å²) in [5.74, 6) is 1.00. The lowest BCUT2D eigenvalue weighted by molar-refractivity contribution is 0.482. The summed E-state index contributed by atoms with van der Waals surface area (Å²) in [7, 11) is 1.96. The summed E-state index contributed by atoms with van der Waals surface area (Å²) in [6.07, 6.45) is 6.20. The molecule has 1 saturated carbocycles. The van der Waals surface area contributed by atoms with E-state index in [2.05, 4.69) is 23.4 Å². The summed E-state index contributed by atoms with van der Waals surface area (Å²) >= 11 is 0. The number of hydrogen-bond donors (Lipinski definition) is 1. The monoisotopic (exact) mass is 193 g/mol. The standard InChI is InChI=1S/C11H19N3/c1-9(7-10-3-4-10)12-8-11-5-6-14(2)13-11/h5-6,9-10,12H,3-4,7-8H2,1-2H3. The van der Waals surface area contributed by atoms with Crippen LogP contribution in [0.25, 0.3) is 0 Å². The summed E-state index contributed by atoms with van der Waals surface area (Å²) < 4.78 is 1.85. The van der Waals surface area contributed by atoms with Gasteiger partial charge in [-0.25, -0.2) is 0 Å². The van der Waals surface area contributed by atoms with Gasteiger partial charge in [0.05, 0.1) is 5.69 Å². The average Bonchev–Trinajstić information content (AvgIpc) is 2.85. The Morgan fingerprint density at radius 3 is 3.00 bits per heavy atom. The van der Waals surface area contributed by atoms with Crippen molar-refractivity contribution < 1.29 is 0 Å². The van der Waals surface area contributed by atoms with E-state index in [1.54, 1.807) is 0 Å². The summed E-state index contributed by atoms with van der Waals surface area (Å²) in [5, 5.41) is 7.84. The molecule has 1 aromatic heterocycles. The van der Waals surface area contributed by atoms with Crippen LogP contribution in [0.15, 0.2) is 12.3 Å². The van der Waals surface area contributed by atoms with Crippen molar-refractivity contribution in [1.29, 1.82) is 0 Å². The first-order valence-corrected chi connectivity index (χ1v) is 5.46. The summed E-state index contributed by atoms with van der Waals surface area (Å²) in [6, 6.07) is 2.70. The van der Waals surface area contributed by atoms with Gasteiger partial charge in [-0.05, 0) is 25.3 Å². The molecule has 1 aliphatic rings. The van der Waals surface area contributed by atoms with Crippen molar-refractivity contribution in [3.63, 3.8) is 0 Å². The molecule has 1 aromatic rings. The van der Waals surface area contributed by atoms with Gasteiger partial charge in [0.2, 0.25) is 0 Å². The fourth-order valence-electron chi connectivity index (χ4n) is 1.77. The number of aromatic nitrogens is 2. The van der Waals surface area contributed by atoms with E-state index in [1.807, 2.05) is 17.9 Å². The molecule has 78 valence electrons. The minimum atomic E-state index is 0.629. The fourth-order valence-corrected chi connectivity index (χ4v) is 1.77. The Hall–Kier alpha value is -0.830. The number of hydrogen-bond acceptors (Lipinski definition) is 2. The van der Waals surface area contributed by atoms with Crippen LogP contribution < -0.4 is 5.32 Å². The highest BCUT2D eigenvalue weighted by Crippen LogP contribution is 2.33. The summed E-state index contributed by atoms with van der Waals surface area (Å²) in [6.45, 7) is 3.16. The van der Waals surface area contributed by atoms with E-state index in [0.29, 0.717) is 6.04 Å². The summed E-state index contributed by atoms with van der Waals surface area (Å²) in [5.41, 5.74) is 1.13. The second kappa shape index (κ2) is 4.13. The van der Waals surface area contributed by atoms with E-state index >= 15 is 0 Å². The maximum absolute atomic E-state index is 4.33. The molecule has 14 heavy (non-hydrogen) atoms. The van der Waals surface area contributed by atoms with Crippen molar-refractivity contribution in [2.75, 3.05) is 0 Å². The van der Waals surface area contributed by atoms with Gasteiger partial charge in [-0.3, -0.25) is 4.68 Å². The molecule has 0 amide bonds. The van der Waals surface area contributed by atoms with E-state index in [-0.39, 0.29) is 0 Å². The molecule has 0 aliphatic heterocycles. The number of nitrogens with zero attached hydrogens (tertiary/aromatic N) is 2. The van der Waals surface area contributed by atoms with Crippen molar-refractivity contribution in [3.05, 3.63) is 18.0 Å². The first-order chi connectivity index (χ1) is 6.74. The quantitative estimate of drug-likeness (QED) is 0.771. The smallest absolute Gasteiger partial charge is 0.0762 e. The Kier molecular flexibility index (Phi) is 2.87. The zero-order chi connectivity index (χ0) is 9.97. The third kappa shape index (κ3) is 2.84. The van der Waals surface area contributed by atoms with E-state index in [4.69, 9.17) is 0 Å². The molecule has 0 aromatic carbocycles. The Labute approximate surface area is 85.5 Å². The minimum Gasteiger partial charge on any atom is -0.309 e. The van der Waals surface area contributed by atoms with Gasteiger partial charge in [-0.2, -0.15) is 5.10 Å². The van der Waals surface area contributed by atoms with Gasteiger partial charge in [0.15, 0.2) is 0 Å². The maximum Gasteiger partial charge on any atom is 0.0762 e. The topological polar surface area (TPSA) is 29.9 Å². The van der Waals surface area contributed by atoms with Crippen LogP contribution >= 0.6 is 0 Å². The predicted molar refractivity (Wildman–Crippen MR) is 56.9 cm³/mol. The van der Waals surface area contributed by atoms with Gasteiger partial charge in [0, 0.05) is 25.8 Å². The molecule has 3 heteroatoms. The van der Waals surface area contributed by atoms with Crippen molar-refractivity contribution in [2.24, 2.45) is 13.0 Å². The fraction of sp³-hybridized carbons (Fsp3) is 0.727. The molecule has 1 heterocycles. The first kappa shape index (κ1) is 9.71. The van der Waals surface area contributed by atoms with E-state index < -0.39 is 0 Å². The van der Waals surface area contributed by atoms with Crippen molar-refractivity contribution in [3.8, 4) is 0 Å². The van der Waals surface area contributed by atoms with Crippen LogP contribution in [-0.2, 0) is 13.6 Å². The average molecular weight is 193 g/mol. The second-order valence-electron chi connectivity index (χ2n) is 4.44. The Bertz CT molecular complexity index is 288. The predicted octanol–water partition coefficient (Wildman–Crippen LogP) is 1.70. The lowest BCUT2D eigenvalue weighted by Gasteiger charge is -2.11. The van der Waals surface area contributed by atoms with E-state index in [1.165, 1.54) is 19.3 Å². The van der Waals surface area contributed by atoms with Crippen LogP contribution in [0.1, 0.15) is 31.9 Å². The van der Waals surface area contributed by atoms with Crippen LogP contribution in [0.2, 0.25) is 0 Å². The van der Waals surface area contributed by atoms with Gasteiger partial charge in [0.1, 0.15) is 0 Å². The molecule has 1 atom stereocenters. The molecular formula is C11H19N3. The zero-order valence-electron chi connectivity index (χ0n) is 9.03. The molecule has 0 bridgehead atoms. The SMILES string of the molecule is CC(CC1CC1)NCc1ccn(C)n1. The van der Waals surface area contributed by atoms with Crippen molar-refractivity contribution in [1.82, 2.24) is 15.1 Å². The van der Waals surface area contributed by atoms with Crippen LogP contribution in [0.3, 0.4) is 0 Å². The molecule has 0 spiro atoms. The van der Waals surface area contributed by atoms with Crippen molar-refractivity contribution >= 4 is 0 Å². The Morgan fingerprint density at radius 2 is 2.43 bits per heavy atom. The summed E-state index contributed by atoms with van der Waals surface area (Å²) in [4.78, 5) is 0. The third-order valence-electron chi connectivity index (χ3n) is 2.78. The molecule has 1 unspecified atom stereocenters. The van der Waals surface area contributed by atoms with E-state index in [9.17, 15) is 0 Å². The van der Waals surface area contributed by atoms with Gasteiger partial charge in [0.25, 0.3) is 0 Å². The number of aryl methyl sites for hydroxylation is 1. The zero-order valence-corrected chi connectivity index (χ0v) is 9.03. The molecule has 2 rings (SSSR count). The first-order valence-electron chi connectivity index (χ1n) is 5.46. The van der Waals surface area contributed by atoms with Crippen LogP contribution in [0.4, 0.5) is 0 Å². The second-order valence-corrected chi connectivity index (χ2v) is 4.44. The molecule has 1 N–H and O–H groups in total. The van der Waals surface area contributed by atoms with Gasteiger partial charge >= 0.3 is 0 Å². The van der Waals surface area contributed by atoms with Gasteiger partial charge in [-0.1, -0.05) is 12.8 Å². The molecule has 3 nitrogen and oxygen atoms in total. The molecule has 0 saturated heterocycles. The van der Waals surface area contributed by atoms with Gasteiger partial charge in [-0.15, -0.1) is 0 Å². The lowest BCUT2D eigenvalue weighted by Crippen LogP contribution is -2.26. The number of nitrogens with one attached hydrogen (secondary N) is 1. The molecule has 0 radical (unpaired) electrons. The van der Waals surface area contributed by atoms with Gasteiger partial charge < -0.3 is 5.32 Å². The van der Waals surface area contributed by atoms with Crippen LogP contribution in [-0.4, -0.2) is 15.8 Å². The lowest BCUT2D eigenvalue weighted by atomic mass is 10.1.